The van der Waals surface area contributed by atoms with E-state index in [0.717, 1.165) is 18.8 Å². The highest BCUT2D eigenvalue weighted by atomic mass is 16.5. The number of benzene rings is 2. The third-order valence-electron chi connectivity index (χ3n) is 4.89. The topological polar surface area (TPSA) is 9.23 Å². The Balaban J connectivity index is 1.72. The summed E-state index contributed by atoms with van der Waals surface area (Å²) >= 11 is 0. The van der Waals surface area contributed by atoms with Crippen molar-refractivity contribution in [3.8, 4) is 16.9 Å². The average molecular weight is 320 g/mol. The lowest BCUT2D eigenvalue weighted by molar-refractivity contribution is 0.309. The second-order valence-electron chi connectivity index (χ2n) is 6.74. The van der Waals surface area contributed by atoms with Gasteiger partial charge in [-0.25, -0.2) is 0 Å². The van der Waals surface area contributed by atoms with Crippen LogP contribution in [0.5, 0.6) is 5.75 Å². The molecule has 0 heterocycles. The minimum absolute atomic E-state index is 0.716. The Morgan fingerprint density at radius 1 is 1.04 bits per heavy atom. The van der Waals surface area contributed by atoms with Crippen molar-refractivity contribution >= 4 is 0 Å². The highest BCUT2D eigenvalue weighted by molar-refractivity contribution is 5.66. The maximum Gasteiger partial charge on any atom is 0.119 e. The second-order valence-corrected chi connectivity index (χ2v) is 6.74. The van der Waals surface area contributed by atoms with Crippen molar-refractivity contribution in [2.75, 3.05) is 6.61 Å². The summed E-state index contributed by atoms with van der Waals surface area (Å²) in [6.07, 6.45) is 10.5. The molecule has 0 aromatic heterocycles. The minimum Gasteiger partial charge on any atom is -0.494 e. The van der Waals surface area contributed by atoms with E-state index < -0.39 is 0 Å². The predicted octanol–water partition coefficient (Wildman–Crippen LogP) is 6.21. The van der Waals surface area contributed by atoms with Crippen LogP contribution in [0.2, 0.25) is 0 Å². The number of unbranched alkanes of at least 4 members (excludes halogenated alkanes) is 1. The monoisotopic (exact) mass is 320 g/mol. The number of hydrogen-bond acceptors (Lipinski definition) is 1. The van der Waals surface area contributed by atoms with E-state index in [4.69, 9.17) is 4.74 Å². The fourth-order valence-electron chi connectivity index (χ4n) is 3.48. The summed E-state index contributed by atoms with van der Waals surface area (Å²) in [6, 6.07) is 15.5. The predicted molar refractivity (Wildman–Crippen MR) is 103 cm³/mol. The summed E-state index contributed by atoms with van der Waals surface area (Å²) in [5.41, 5.74) is 5.64. The maximum absolute atomic E-state index is 5.76. The fourth-order valence-corrected chi connectivity index (χ4v) is 3.48. The Bertz CT molecular complexity index is 682. The van der Waals surface area contributed by atoms with Crippen LogP contribution in [0.3, 0.4) is 0 Å². The van der Waals surface area contributed by atoms with Gasteiger partial charge in [0.15, 0.2) is 0 Å². The summed E-state index contributed by atoms with van der Waals surface area (Å²) in [7, 11) is 0. The molecule has 1 heteroatoms. The quantitative estimate of drug-likeness (QED) is 0.454. The maximum atomic E-state index is 5.76. The molecule has 0 fully saturated rings. The standard InChI is InChI=1S/C23H28O/c1-3-5-15-24-23-13-11-19(12-14-23)21-10-9-20-16-18(6-4-2)7-8-22(20)17-21/h4,6,9-14,17-18H,3,5,7-8,15-16H2,1-2H3/b6-4+. The Labute approximate surface area is 146 Å². The molecule has 0 spiro atoms. The Kier molecular flexibility index (Phi) is 5.74. The fraction of sp³-hybridized carbons (Fsp3) is 0.391. The van der Waals surface area contributed by atoms with Crippen LogP contribution < -0.4 is 4.74 Å². The van der Waals surface area contributed by atoms with E-state index in [1.54, 1.807) is 0 Å². The molecule has 2 aromatic carbocycles. The lowest BCUT2D eigenvalue weighted by atomic mass is 9.82. The summed E-state index contributed by atoms with van der Waals surface area (Å²) in [5.74, 6) is 1.69. The molecule has 24 heavy (non-hydrogen) atoms. The molecule has 0 amide bonds. The molecular formula is C23H28O. The van der Waals surface area contributed by atoms with Crippen molar-refractivity contribution in [2.24, 2.45) is 5.92 Å². The SMILES string of the molecule is C/C=C/C1CCc2cc(-c3ccc(OCCCC)cc3)ccc2C1. The molecule has 0 bridgehead atoms. The van der Waals surface area contributed by atoms with E-state index >= 15 is 0 Å². The zero-order valence-electron chi connectivity index (χ0n) is 14.9. The molecule has 2 aromatic rings. The molecule has 1 aliphatic carbocycles. The van der Waals surface area contributed by atoms with E-state index in [0.29, 0.717) is 5.92 Å². The van der Waals surface area contributed by atoms with Gasteiger partial charge in [0.25, 0.3) is 0 Å². The smallest absolute Gasteiger partial charge is 0.119 e. The molecule has 1 nitrogen and oxygen atoms in total. The summed E-state index contributed by atoms with van der Waals surface area (Å²) < 4.78 is 5.76. The van der Waals surface area contributed by atoms with E-state index in [9.17, 15) is 0 Å². The van der Waals surface area contributed by atoms with Gasteiger partial charge < -0.3 is 4.74 Å². The Morgan fingerprint density at radius 3 is 2.58 bits per heavy atom. The van der Waals surface area contributed by atoms with E-state index in [1.807, 2.05) is 0 Å². The number of rotatable bonds is 6. The van der Waals surface area contributed by atoms with Crippen LogP contribution in [-0.4, -0.2) is 6.61 Å². The number of ether oxygens (including phenoxy) is 1. The molecule has 0 saturated heterocycles. The first-order valence-electron chi connectivity index (χ1n) is 9.28. The zero-order valence-corrected chi connectivity index (χ0v) is 14.9. The molecule has 1 atom stereocenters. The van der Waals surface area contributed by atoms with Gasteiger partial charge in [0, 0.05) is 0 Å². The van der Waals surface area contributed by atoms with Crippen molar-refractivity contribution in [3.05, 3.63) is 65.7 Å². The van der Waals surface area contributed by atoms with Crippen LogP contribution >= 0.6 is 0 Å². The van der Waals surface area contributed by atoms with Gasteiger partial charge >= 0.3 is 0 Å². The van der Waals surface area contributed by atoms with Crippen molar-refractivity contribution in [1.82, 2.24) is 0 Å². The first kappa shape index (κ1) is 16.8. The largest absolute Gasteiger partial charge is 0.494 e. The summed E-state index contributed by atoms with van der Waals surface area (Å²) in [5, 5.41) is 0. The average Bonchev–Trinajstić information content (AvgIpc) is 2.62. The van der Waals surface area contributed by atoms with Crippen LogP contribution in [0.15, 0.2) is 54.6 Å². The van der Waals surface area contributed by atoms with Crippen LogP contribution in [0.25, 0.3) is 11.1 Å². The first-order valence-corrected chi connectivity index (χ1v) is 9.28. The Hall–Kier alpha value is -2.02. The van der Waals surface area contributed by atoms with Gasteiger partial charge in [-0.15, -0.1) is 0 Å². The van der Waals surface area contributed by atoms with Crippen molar-refractivity contribution in [1.29, 1.82) is 0 Å². The molecule has 0 aliphatic heterocycles. The van der Waals surface area contributed by atoms with Crippen LogP contribution in [0.4, 0.5) is 0 Å². The minimum atomic E-state index is 0.716. The third kappa shape index (κ3) is 4.08. The summed E-state index contributed by atoms with van der Waals surface area (Å²) in [6.45, 7) is 5.11. The van der Waals surface area contributed by atoms with Gasteiger partial charge in [0.2, 0.25) is 0 Å². The Morgan fingerprint density at radius 2 is 1.83 bits per heavy atom. The number of hydrogen-bond donors (Lipinski definition) is 0. The van der Waals surface area contributed by atoms with Crippen LogP contribution in [0, 0.1) is 5.92 Å². The molecule has 0 N–H and O–H groups in total. The molecule has 0 saturated carbocycles. The van der Waals surface area contributed by atoms with Gasteiger partial charge in [0.05, 0.1) is 6.61 Å². The van der Waals surface area contributed by atoms with Crippen molar-refractivity contribution < 1.29 is 4.74 Å². The van der Waals surface area contributed by atoms with E-state index in [-0.39, 0.29) is 0 Å². The highest BCUT2D eigenvalue weighted by Crippen LogP contribution is 2.31. The second kappa shape index (κ2) is 8.19. The normalized spacial score (nSPS) is 17.0. The highest BCUT2D eigenvalue weighted by Gasteiger charge is 2.16. The van der Waals surface area contributed by atoms with Crippen LogP contribution in [-0.2, 0) is 12.8 Å². The zero-order chi connectivity index (χ0) is 16.8. The summed E-state index contributed by atoms with van der Waals surface area (Å²) in [4.78, 5) is 0. The lowest BCUT2D eigenvalue weighted by Crippen LogP contribution is -2.12. The van der Waals surface area contributed by atoms with Crippen LogP contribution in [0.1, 0.15) is 44.2 Å². The molecule has 0 radical (unpaired) electrons. The molecule has 1 aliphatic rings. The van der Waals surface area contributed by atoms with Crippen molar-refractivity contribution in [3.63, 3.8) is 0 Å². The van der Waals surface area contributed by atoms with E-state index in [2.05, 4.69) is 68.5 Å². The third-order valence-corrected chi connectivity index (χ3v) is 4.89. The molecular weight excluding hydrogens is 292 g/mol. The van der Waals surface area contributed by atoms with E-state index in [1.165, 1.54) is 47.9 Å². The molecule has 1 unspecified atom stereocenters. The van der Waals surface area contributed by atoms with Gasteiger partial charge in [-0.1, -0.05) is 55.8 Å². The number of aryl methyl sites for hydroxylation is 1. The number of fused-ring (bicyclic) bond motifs is 1. The van der Waals surface area contributed by atoms with Gasteiger partial charge in [-0.3, -0.25) is 0 Å². The van der Waals surface area contributed by atoms with Crippen molar-refractivity contribution in [2.45, 2.75) is 46.0 Å². The van der Waals surface area contributed by atoms with Gasteiger partial charge in [-0.2, -0.15) is 0 Å². The first-order chi connectivity index (χ1) is 11.8. The lowest BCUT2D eigenvalue weighted by Gasteiger charge is -2.23. The number of allylic oxidation sites excluding steroid dienone is 2. The van der Waals surface area contributed by atoms with Gasteiger partial charge in [0.1, 0.15) is 5.75 Å². The molecule has 126 valence electrons. The molecule has 3 rings (SSSR count). The van der Waals surface area contributed by atoms with Gasteiger partial charge in [-0.05, 0) is 72.9 Å².